The van der Waals surface area contributed by atoms with Gasteiger partial charge in [0.1, 0.15) is 24.4 Å². The normalized spacial score (nSPS) is 45.7. The van der Waals surface area contributed by atoms with Gasteiger partial charge in [0.25, 0.3) is 0 Å². The SMILES string of the molecule is CC[C@H]1CCC[C@H](O[C@H]2CCC(N(C)C)[C@H](C)O2)[C@@H](C)C(=O)C2=C[C@@H]3[C@@H](C=C[C@@H]4C[C@@H](OC5OC(C)C(OC)[C@@H](OC)[C@@H]5OC)C[C@@H]34)[C@@H]2CC(=O)O1. The van der Waals surface area contributed by atoms with Crippen molar-refractivity contribution in [2.45, 2.75) is 153 Å². The molecule has 0 spiro atoms. The highest BCUT2D eigenvalue weighted by Crippen LogP contribution is 2.54. The van der Waals surface area contributed by atoms with Crippen LogP contribution in [0.1, 0.15) is 85.5 Å². The molecule has 0 aromatic rings. The minimum absolute atomic E-state index is 0.0380. The third-order valence-electron chi connectivity index (χ3n) is 13.3. The van der Waals surface area contributed by atoms with Crippen LogP contribution in [0.15, 0.2) is 23.8 Å². The summed E-state index contributed by atoms with van der Waals surface area (Å²) in [7, 11) is 9.15. The molecule has 11 heteroatoms. The molecule has 0 bridgehead atoms. The topological polar surface area (TPSA) is 111 Å². The Morgan fingerprint density at radius 3 is 2.25 bits per heavy atom. The Labute approximate surface area is 311 Å². The number of allylic oxidation sites excluding steroid dienone is 4. The molecule has 1 saturated carbocycles. The molecular formula is C41H65NO10. The zero-order valence-corrected chi connectivity index (χ0v) is 32.9. The van der Waals surface area contributed by atoms with E-state index in [0.717, 1.165) is 50.5 Å². The number of carbonyl (C=O) groups excluding carboxylic acids is 2. The Balaban J connectivity index is 1.20. The van der Waals surface area contributed by atoms with E-state index in [9.17, 15) is 9.59 Å². The largest absolute Gasteiger partial charge is 0.462 e. The minimum Gasteiger partial charge on any atom is -0.462 e. The van der Waals surface area contributed by atoms with Crippen molar-refractivity contribution in [3.63, 3.8) is 0 Å². The Bertz CT molecular complexity index is 1290. The van der Waals surface area contributed by atoms with Gasteiger partial charge in [-0.3, -0.25) is 9.59 Å². The number of ether oxygens (including phenoxy) is 8. The minimum atomic E-state index is -0.594. The number of hydrogen-bond donors (Lipinski definition) is 0. The Morgan fingerprint density at radius 1 is 0.827 bits per heavy atom. The van der Waals surface area contributed by atoms with Crippen LogP contribution in [0.5, 0.6) is 0 Å². The van der Waals surface area contributed by atoms with Gasteiger partial charge in [-0.15, -0.1) is 0 Å². The van der Waals surface area contributed by atoms with Crippen molar-refractivity contribution < 1.29 is 47.5 Å². The van der Waals surface area contributed by atoms with Gasteiger partial charge in [-0.1, -0.05) is 32.1 Å². The van der Waals surface area contributed by atoms with E-state index in [1.807, 2.05) is 13.8 Å². The Morgan fingerprint density at radius 2 is 1.58 bits per heavy atom. The van der Waals surface area contributed by atoms with Gasteiger partial charge in [0.2, 0.25) is 0 Å². The predicted octanol–water partition coefficient (Wildman–Crippen LogP) is 5.49. The van der Waals surface area contributed by atoms with Gasteiger partial charge in [0.05, 0.1) is 30.8 Å². The second-order valence-corrected chi connectivity index (χ2v) is 16.5. The second kappa shape index (κ2) is 17.4. The van der Waals surface area contributed by atoms with Crippen LogP contribution in [0.3, 0.4) is 0 Å². The van der Waals surface area contributed by atoms with E-state index in [1.54, 1.807) is 21.3 Å². The molecule has 0 aromatic heterocycles. The summed E-state index contributed by atoms with van der Waals surface area (Å²) in [6.45, 7) is 8.17. The van der Waals surface area contributed by atoms with Crippen LogP contribution >= 0.6 is 0 Å². The Kier molecular flexibility index (Phi) is 13.4. The average molecular weight is 732 g/mol. The Hall–Kier alpha value is -1.70. The van der Waals surface area contributed by atoms with Gasteiger partial charge in [0, 0.05) is 39.2 Å². The van der Waals surface area contributed by atoms with Crippen molar-refractivity contribution in [2.24, 2.45) is 35.5 Å². The first-order valence-electron chi connectivity index (χ1n) is 20.0. The fourth-order valence-corrected chi connectivity index (χ4v) is 10.4. The maximum Gasteiger partial charge on any atom is 0.306 e. The molecule has 3 aliphatic heterocycles. The number of rotatable bonds is 9. The first-order chi connectivity index (χ1) is 25.0. The van der Waals surface area contributed by atoms with Crippen LogP contribution in [-0.4, -0.2) is 120 Å². The molecular weight excluding hydrogens is 666 g/mol. The first kappa shape index (κ1) is 40.0. The van der Waals surface area contributed by atoms with Gasteiger partial charge in [-0.25, -0.2) is 0 Å². The van der Waals surface area contributed by atoms with Gasteiger partial charge in [-0.2, -0.15) is 0 Å². The fraction of sp³-hybridized carbons (Fsp3) is 0.854. The van der Waals surface area contributed by atoms with E-state index in [0.29, 0.717) is 18.4 Å². The summed E-state index contributed by atoms with van der Waals surface area (Å²) in [4.78, 5) is 30.4. The summed E-state index contributed by atoms with van der Waals surface area (Å²) in [5.41, 5.74) is 0.763. The summed E-state index contributed by atoms with van der Waals surface area (Å²) in [6, 6.07) is 0.339. The molecule has 6 rings (SSSR count). The zero-order chi connectivity index (χ0) is 37.3. The highest BCUT2D eigenvalue weighted by Gasteiger charge is 2.52. The first-order valence-corrected chi connectivity index (χ1v) is 20.0. The summed E-state index contributed by atoms with van der Waals surface area (Å²) < 4.78 is 49.5. The lowest BCUT2D eigenvalue weighted by atomic mass is 9.70. The lowest BCUT2D eigenvalue weighted by Crippen LogP contribution is -2.59. The number of Topliss-reactive ketones (excluding diaryl/α,β-unsaturated/α-hetero) is 1. The second-order valence-electron chi connectivity index (χ2n) is 16.5. The quantitative estimate of drug-likeness (QED) is 0.222. The van der Waals surface area contributed by atoms with Crippen molar-refractivity contribution >= 4 is 11.8 Å². The predicted molar refractivity (Wildman–Crippen MR) is 194 cm³/mol. The number of cyclic esters (lactones) is 1. The molecule has 0 amide bonds. The van der Waals surface area contributed by atoms with E-state index in [-0.39, 0.29) is 96.8 Å². The smallest absolute Gasteiger partial charge is 0.306 e. The molecule has 3 saturated heterocycles. The number of esters is 1. The molecule has 52 heavy (non-hydrogen) atoms. The molecule has 11 nitrogen and oxygen atoms in total. The number of hydrogen-bond acceptors (Lipinski definition) is 11. The standard InChI is InChI=1S/C41H65NO10/c1-10-26-12-11-13-34(52-36-17-16-33(42(5)6)23(3)48-36)22(2)37(44)32-20-30-28(31(32)21-35(43)50-26)15-14-25-18-27(19-29(25)30)51-41-40(47-9)39(46-8)38(45-7)24(4)49-41/h14-15,20,22-31,33-34,36,38-41H,10-13,16-19,21H2,1-9H3/t22-,23+,24?,25-,26+,27-,28-,29-,30-,31+,33?,34+,36+,38?,39-,40+,41?/m1/s1. The molecule has 4 fully saturated rings. The zero-order valence-electron chi connectivity index (χ0n) is 32.9. The van der Waals surface area contributed by atoms with Gasteiger partial charge < -0.3 is 42.8 Å². The monoisotopic (exact) mass is 731 g/mol. The maximum absolute atomic E-state index is 14.7. The molecule has 294 valence electrons. The molecule has 4 unspecified atom stereocenters. The maximum atomic E-state index is 14.7. The lowest BCUT2D eigenvalue weighted by molar-refractivity contribution is -0.314. The van der Waals surface area contributed by atoms with Crippen LogP contribution in [-0.2, 0) is 47.5 Å². The van der Waals surface area contributed by atoms with Crippen LogP contribution in [0.4, 0.5) is 0 Å². The lowest BCUT2D eigenvalue weighted by Gasteiger charge is -2.44. The summed E-state index contributed by atoms with van der Waals surface area (Å²) in [5, 5.41) is 0. The van der Waals surface area contributed by atoms with Crippen LogP contribution in [0.25, 0.3) is 0 Å². The highest BCUT2D eigenvalue weighted by molar-refractivity contribution is 5.99. The van der Waals surface area contributed by atoms with Crippen molar-refractivity contribution in [3.05, 3.63) is 23.8 Å². The average Bonchev–Trinajstić information content (AvgIpc) is 3.70. The van der Waals surface area contributed by atoms with E-state index >= 15 is 0 Å². The van der Waals surface area contributed by atoms with Crippen LogP contribution in [0, 0.1) is 35.5 Å². The molecule has 0 aromatic carbocycles. The summed E-state index contributed by atoms with van der Waals surface area (Å²) in [6.07, 6.45) is 10.8. The van der Waals surface area contributed by atoms with Crippen molar-refractivity contribution in [3.8, 4) is 0 Å². The fourth-order valence-electron chi connectivity index (χ4n) is 10.4. The molecule has 6 aliphatic rings. The number of methoxy groups -OCH3 is 3. The van der Waals surface area contributed by atoms with E-state index in [1.165, 1.54) is 0 Å². The van der Waals surface area contributed by atoms with Gasteiger partial charge in [-0.05, 0) is 109 Å². The molecule has 3 aliphatic carbocycles. The summed E-state index contributed by atoms with van der Waals surface area (Å²) in [5.74, 6) is 0.0198. The van der Waals surface area contributed by atoms with Crippen molar-refractivity contribution in [1.29, 1.82) is 0 Å². The molecule has 17 atom stereocenters. The van der Waals surface area contributed by atoms with Crippen molar-refractivity contribution in [1.82, 2.24) is 4.90 Å². The third-order valence-corrected chi connectivity index (χ3v) is 13.3. The summed E-state index contributed by atoms with van der Waals surface area (Å²) >= 11 is 0. The van der Waals surface area contributed by atoms with E-state index in [4.69, 9.17) is 37.9 Å². The number of nitrogens with zero attached hydrogens (tertiary/aromatic N) is 1. The molecule has 0 N–H and O–H groups in total. The number of carbonyl (C=O) groups is 2. The van der Waals surface area contributed by atoms with Crippen LogP contribution < -0.4 is 0 Å². The van der Waals surface area contributed by atoms with E-state index in [2.05, 4.69) is 51.1 Å². The van der Waals surface area contributed by atoms with Crippen LogP contribution in [0.2, 0.25) is 0 Å². The third kappa shape index (κ3) is 8.27. The van der Waals surface area contributed by atoms with E-state index < -0.39 is 12.4 Å². The van der Waals surface area contributed by atoms with Crippen molar-refractivity contribution in [2.75, 3.05) is 35.4 Å². The number of likely N-dealkylation sites (N-methyl/N-ethyl adjacent to an activating group) is 1. The van der Waals surface area contributed by atoms with Gasteiger partial charge >= 0.3 is 5.97 Å². The highest BCUT2D eigenvalue weighted by atomic mass is 16.7. The molecule has 0 radical (unpaired) electrons. The number of ketones is 1. The molecule has 3 heterocycles. The number of fused-ring (bicyclic) bond motifs is 5. The van der Waals surface area contributed by atoms with Gasteiger partial charge in [0.15, 0.2) is 18.4 Å².